The first-order valence-corrected chi connectivity index (χ1v) is 12.7. The average molecular weight is 474 g/mol. The third-order valence-corrected chi connectivity index (χ3v) is 5.97. The lowest BCUT2D eigenvalue weighted by molar-refractivity contribution is -0.0869. The molecule has 0 saturated heterocycles. The summed E-state index contributed by atoms with van der Waals surface area (Å²) in [6.45, 7) is 18.0. The average Bonchev–Trinajstić information content (AvgIpc) is 2.77. The maximum absolute atomic E-state index is 14.9. The summed E-state index contributed by atoms with van der Waals surface area (Å²) in [7, 11) is 0. The van der Waals surface area contributed by atoms with Crippen LogP contribution in [0.4, 0.5) is 4.39 Å². The second-order valence-corrected chi connectivity index (χ2v) is 9.56. The van der Waals surface area contributed by atoms with Gasteiger partial charge in [-0.3, -0.25) is 0 Å². The molecule has 34 heavy (non-hydrogen) atoms. The van der Waals surface area contributed by atoms with Crippen molar-refractivity contribution in [3.05, 3.63) is 65.7 Å². The van der Waals surface area contributed by atoms with Crippen molar-refractivity contribution in [3.8, 4) is 5.75 Å². The number of nitrogens with one attached hydrogen (secondary N) is 1. The van der Waals surface area contributed by atoms with Crippen molar-refractivity contribution < 1.29 is 18.6 Å². The summed E-state index contributed by atoms with van der Waals surface area (Å²) in [4.78, 5) is 0. The second kappa shape index (κ2) is 13.7. The van der Waals surface area contributed by atoms with Gasteiger partial charge >= 0.3 is 0 Å². The Morgan fingerprint density at radius 3 is 2.59 bits per heavy atom. The molecule has 1 aromatic rings. The van der Waals surface area contributed by atoms with Crippen LogP contribution in [0.2, 0.25) is 0 Å². The lowest BCUT2D eigenvalue weighted by Gasteiger charge is -2.43. The number of halogens is 1. The molecule has 0 aliphatic carbocycles. The van der Waals surface area contributed by atoms with Crippen LogP contribution in [0.5, 0.6) is 5.75 Å². The van der Waals surface area contributed by atoms with Gasteiger partial charge in [0.2, 0.25) is 0 Å². The summed E-state index contributed by atoms with van der Waals surface area (Å²) in [6, 6.07) is 5.17. The maximum atomic E-state index is 14.9. The van der Waals surface area contributed by atoms with Gasteiger partial charge in [0.05, 0.1) is 18.3 Å². The van der Waals surface area contributed by atoms with Gasteiger partial charge in [0.25, 0.3) is 0 Å². The molecule has 2 atom stereocenters. The predicted molar refractivity (Wildman–Crippen MR) is 139 cm³/mol. The normalized spacial score (nSPS) is 20.9. The molecular formula is C29H44FNO3. The van der Waals surface area contributed by atoms with Crippen LogP contribution in [-0.2, 0) is 15.9 Å². The van der Waals surface area contributed by atoms with Gasteiger partial charge in [-0.1, -0.05) is 31.7 Å². The molecule has 1 N–H and O–H groups in total. The number of benzene rings is 1. The molecule has 0 amide bonds. The van der Waals surface area contributed by atoms with E-state index in [2.05, 4.69) is 38.7 Å². The Morgan fingerprint density at radius 2 is 2.00 bits per heavy atom. The number of rotatable bonds is 14. The Labute approximate surface area is 206 Å². The first-order valence-electron chi connectivity index (χ1n) is 12.7. The van der Waals surface area contributed by atoms with Crippen LogP contribution in [0.3, 0.4) is 0 Å². The molecule has 0 fully saturated rings. The Bertz CT molecular complexity index is 846. The largest absolute Gasteiger partial charge is 0.491 e. The molecule has 1 aliphatic heterocycles. The quantitative estimate of drug-likeness (QED) is 0.298. The zero-order valence-electron chi connectivity index (χ0n) is 22.0. The topological polar surface area (TPSA) is 39.7 Å². The van der Waals surface area contributed by atoms with E-state index < -0.39 is 5.60 Å². The highest BCUT2D eigenvalue weighted by Crippen LogP contribution is 2.41. The Morgan fingerprint density at radius 1 is 1.24 bits per heavy atom. The molecule has 2 rings (SSSR count). The molecule has 1 aliphatic rings. The van der Waals surface area contributed by atoms with Crippen molar-refractivity contribution in [1.82, 2.24) is 5.32 Å². The monoisotopic (exact) mass is 473 g/mol. The molecule has 0 spiro atoms. The number of hydrogen-bond acceptors (Lipinski definition) is 4. The van der Waals surface area contributed by atoms with Crippen molar-refractivity contribution in [2.75, 3.05) is 13.1 Å². The van der Waals surface area contributed by atoms with Gasteiger partial charge in [-0.15, -0.1) is 0 Å². The fraction of sp³-hybridized carbons (Fsp3) is 0.586. The van der Waals surface area contributed by atoms with E-state index in [0.29, 0.717) is 24.2 Å². The summed E-state index contributed by atoms with van der Waals surface area (Å²) in [6.07, 6.45) is 9.66. The minimum Gasteiger partial charge on any atom is -0.491 e. The van der Waals surface area contributed by atoms with Crippen LogP contribution in [0.15, 0.2) is 54.3 Å². The Kier molecular flexibility index (Phi) is 11.3. The van der Waals surface area contributed by atoms with E-state index in [1.165, 1.54) is 6.07 Å². The zero-order valence-corrected chi connectivity index (χ0v) is 22.0. The van der Waals surface area contributed by atoms with Gasteiger partial charge in [0, 0.05) is 18.1 Å². The van der Waals surface area contributed by atoms with Crippen molar-refractivity contribution in [2.24, 2.45) is 0 Å². The van der Waals surface area contributed by atoms with Crippen molar-refractivity contribution in [2.45, 2.75) is 97.6 Å². The molecule has 0 aromatic heterocycles. The van der Waals surface area contributed by atoms with E-state index in [0.717, 1.165) is 43.7 Å². The Hall–Kier alpha value is -2.11. The third-order valence-electron chi connectivity index (χ3n) is 5.97. The first-order chi connectivity index (χ1) is 16.2. The number of hydrogen-bond donors (Lipinski definition) is 1. The predicted octanol–water partition coefficient (Wildman–Crippen LogP) is 6.90. The van der Waals surface area contributed by atoms with E-state index >= 15 is 0 Å². The van der Waals surface area contributed by atoms with E-state index in [9.17, 15) is 4.39 Å². The summed E-state index contributed by atoms with van der Waals surface area (Å²) >= 11 is 0. The van der Waals surface area contributed by atoms with Crippen LogP contribution >= 0.6 is 0 Å². The van der Waals surface area contributed by atoms with E-state index in [-0.39, 0.29) is 24.1 Å². The highest BCUT2D eigenvalue weighted by atomic mass is 19.1. The number of allylic oxidation sites excluding steroid dienone is 2. The van der Waals surface area contributed by atoms with Gasteiger partial charge in [-0.2, -0.15) is 0 Å². The van der Waals surface area contributed by atoms with Crippen LogP contribution in [0.1, 0.15) is 72.8 Å². The molecule has 1 heterocycles. The molecule has 4 nitrogen and oxygen atoms in total. The molecule has 0 radical (unpaired) electrons. The molecule has 0 saturated carbocycles. The summed E-state index contributed by atoms with van der Waals surface area (Å²) < 4.78 is 33.6. The molecule has 190 valence electrons. The van der Waals surface area contributed by atoms with Crippen LogP contribution in [-0.4, -0.2) is 37.0 Å². The van der Waals surface area contributed by atoms with Gasteiger partial charge in [-0.25, -0.2) is 4.39 Å². The lowest BCUT2D eigenvalue weighted by Crippen LogP contribution is -2.43. The first kappa shape index (κ1) is 28.1. The lowest BCUT2D eigenvalue weighted by atomic mass is 9.80. The smallest absolute Gasteiger partial charge is 0.130 e. The third kappa shape index (κ3) is 8.28. The fourth-order valence-electron chi connectivity index (χ4n) is 4.50. The fourth-order valence-corrected chi connectivity index (χ4v) is 4.50. The highest BCUT2D eigenvalue weighted by molar-refractivity contribution is 5.35. The van der Waals surface area contributed by atoms with Crippen LogP contribution in [0, 0.1) is 5.82 Å². The SMILES string of the molecule is C=CC1=C(/C=C\C)C(OC(C)C)CC(CCCNCC)(CCc2ccc(OC(C)C)cc2F)O1. The Balaban J connectivity index is 2.32. The standard InChI is InChI=1S/C29H44FNO3/c1-8-12-25-27(9-2)34-29(16-11-18-31-10-3,20-28(25)33-22(6)7)17-15-23-13-14-24(19-26(23)30)32-21(4)5/h8-9,12-14,19,21-22,28,31H,2,10-11,15-18,20H2,1,3-7H3/b12-8-. The van der Waals surface area contributed by atoms with E-state index in [4.69, 9.17) is 14.2 Å². The van der Waals surface area contributed by atoms with E-state index in [1.807, 2.05) is 39.0 Å². The van der Waals surface area contributed by atoms with E-state index in [1.54, 1.807) is 6.08 Å². The number of ether oxygens (including phenoxy) is 3. The molecule has 2 unspecified atom stereocenters. The highest BCUT2D eigenvalue weighted by Gasteiger charge is 2.41. The molecular weight excluding hydrogens is 429 g/mol. The maximum Gasteiger partial charge on any atom is 0.130 e. The van der Waals surface area contributed by atoms with Crippen LogP contribution < -0.4 is 10.1 Å². The van der Waals surface area contributed by atoms with Gasteiger partial charge in [-0.05, 0) is 91.1 Å². The summed E-state index contributed by atoms with van der Waals surface area (Å²) in [5.41, 5.74) is 1.24. The zero-order chi connectivity index (χ0) is 25.1. The minimum absolute atomic E-state index is 0.00857. The van der Waals surface area contributed by atoms with Gasteiger partial charge in [0.15, 0.2) is 0 Å². The van der Waals surface area contributed by atoms with Crippen LogP contribution in [0.25, 0.3) is 0 Å². The van der Waals surface area contributed by atoms with Crippen molar-refractivity contribution in [1.29, 1.82) is 0 Å². The number of aryl methyl sites for hydroxylation is 1. The molecule has 1 aromatic carbocycles. The van der Waals surface area contributed by atoms with Gasteiger partial charge < -0.3 is 19.5 Å². The van der Waals surface area contributed by atoms with Crippen molar-refractivity contribution >= 4 is 0 Å². The minimum atomic E-state index is -0.455. The molecule has 0 bridgehead atoms. The molecule has 5 heteroatoms. The van der Waals surface area contributed by atoms with Gasteiger partial charge in [0.1, 0.15) is 22.9 Å². The summed E-state index contributed by atoms with van der Waals surface area (Å²) in [5.74, 6) is 1.09. The second-order valence-electron chi connectivity index (χ2n) is 9.56. The van der Waals surface area contributed by atoms with Crippen molar-refractivity contribution in [3.63, 3.8) is 0 Å². The summed E-state index contributed by atoms with van der Waals surface area (Å²) in [5, 5.41) is 3.40.